The van der Waals surface area contributed by atoms with Crippen LogP contribution in [0.4, 0.5) is 0 Å². The Hall–Kier alpha value is -1.87. The fourth-order valence-corrected chi connectivity index (χ4v) is 4.97. The van der Waals surface area contributed by atoms with Crippen molar-refractivity contribution in [1.82, 2.24) is 0 Å². The highest BCUT2D eigenvalue weighted by atomic mass is 16.5. The molecule has 4 atom stereocenters. The Morgan fingerprint density at radius 1 is 1.00 bits per heavy atom. The average Bonchev–Trinajstić information content (AvgIpc) is 2.96. The van der Waals surface area contributed by atoms with Crippen LogP contribution in [0, 0.1) is 32.6 Å². The second-order valence-corrected chi connectivity index (χ2v) is 7.66. The lowest BCUT2D eigenvalue weighted by Gasteiger charge is -2.26. The van der Waals surface area contributed by atoms with Crippen LogP contribution in [0.5, 0.6) is 0 Å². The minimum Gasteiger partial charge on any atom is -0.511 e. The molecule has 0 amide bonds. The smallest absolute Gasteiger partial charge is 0.174 e. The lowest BCUT2D eigenvalue weighted by atomic mass is 9.72. The van der Waals surface area contributed by atoms with Gasteiger partial charge in [-0.15, -0.1) is 0 Å². The molecule has 120 valence electrons. The number of fused-ring (bicyclic) bond motifs is 5. The summed E-state index contributed by atoms with van der Waals surface area (Å²) in [6.07, 6.45) is 3.98. The van der Waals surface area contributed by atoms with E-state index in [0.29, 0.717) is 5.57 Å². The predicted octanol–water partition coefficient (Wildman–Crippen LogP) is 3.81. The number of carbonyl (C=O) groups is 1. The molecule has 1 aliphatic carbocycles. The minimum absolute atomic E-state index is 0.0122. The Bertz CT molecular complexity index is 793. The summed E-state index contributed by atoms with van der Waals surface area (Å²) in [7, 11) is 0. The number of aryl methyl sites for hydroxylation is 3. The largest absolute Gasteiger partial charge is 0.511 e. The lowest BCUT2D eigenvalue weighted by molar-refractivity contribution is -0.120. The molecule has 1 saturated heterocycles. The van der Waals surface area contributed by atoms with Gasteiger partial charge in [0, 0.05) is 0 Å². The van der Waals surface area contributed by atoms with Gasteiger partial charge in [0.1, 0.15) is 5.76 Å². The van der Waals surface area contributed by atoms with Crippen LogP contribution >= 0.6 is 0 Å². The van der Waals surface area contributed by atoms with Gasteiger partial charge in [0.15, 0.2) is 5.78 Å². The van der Waals surface area contributed by atoms with Gasteiger partial charge in [-0.3, -0.25) is 4.79 Å². The number of aliphatic hydroxyl groups excluding tert-OH is 1. The number of ether oxygens (including phenoxy) is 1. The van der Waals surface area contributed by atoms with E-state index in [2.05, 4.69) is 12.1 Å². The molecule has 0 saturated carbocycles. The first-order valence-electron chi connectivity index (χ1n) is 8.14. The van der Waals surface area contributed by atoms with Gasteiger partial charge in [-0.2, -0.15) is 0 Å². The Labute approximate surface area is 136 Å². The van der Waals surface area contributed by atoms with Gasteiger partial charge in [-0.25, -0.2) is 0 Å². The molecule has 0 spiro atoms. The standard InChI is InChI=1S/C20H22O3/c1-10-8-11(2)13(12(3)9-10)14-17(21)15-16(18(14)22)20(5)7-6-19(15,4)23-20/h6-9,15-16,21H,1-5H3/t15-,16+,19?,20?/m1/s1. The number of hydrogen-bond donors (Lipinski definition) is 1. The highest BCUT2D eigenvalue weighted by Gasteiger charge is 2.67. The van der Waals surface area contributed by atoms with Crippen molar-refractivity contribution in [3.05, 3.63) is 52.3 Å². The van der Waals surface area contributed by atoms with E-state index in [1.165, 1.54) is 5.56 Å². The number of rotatable bonds is 1. The van der Waals surface area contributed by atoms with Crippen LogP contribution in [-0.2, 0) is 9.53 Å². The second-order valence-electron chi connectivity index (χ2n) is 7.66. The SMILES string of the molecule is Cc1cc(C)c(C2=C(O)[C@H]3[C@@H](C2=O)C2(C)C=CC3(C)O2)c(C)c1. The molecular weight excluding hydrogens is 288 g/mol. The molecule has 2 unspecified atom stereocenters. The third kappa shape index (κ3) is 1.66. The van der Waals surface area contributed by atoms with Gasteiger partial charge in [0.25, 0.3) is 0 Å². The molecule has 0 radical (unpaired) electrons. The van der Waals surface area contributed by atoms with Crippen LogP contribution < -0.4 is 0 Å². The van der Waals surface area contributed by atoms with Crippen molar-refractivity contribution in [2.45, 2.75) is 45.8 Å². The number of hydrogen-bond acceptors (Lipinski definition) is 3. The normalized spacial score (nSPS) is 37.9. The van der Waals surface area contributed by atoms with Crippen molar-refractivity contribution >= 4 is 11.4 Å². The predicted molar refractivity (Wildman–Crippen MR) is 89.2 cm³/mol. The molecule has 1 N–H and O–H groups in total. The summed E-state index contributed by atoms with van der Waals surface area (Å²) in [4.78, 5) is 13.2. The summed E-state index contributed by atoms with van der Waals surface area (Å²) in [5, 5.41) is 10.9. The van der Waals surface area contributed by atoms with E-state index < -0.39 is 11.2 Å². The van der Waals surface area contributed by atoms with Gasteiger partial charge in [0.05, 0.1) is 28.6 Å². The van der Waals surface area contributed by atoms with Crippen LogP contribution in [0.2, 0.25) is 0 Å². The van der Waals surface area contributed by atoms with E-state index in [1.807, 2.05) is 46.8 Å². The second kappa shape index (κ2) is 4.15. The number of ketones is 1. The summed E-state index contributed by atoms with van der Waals surface area (Å²) < 4.78 is 6.09. The Morgan fingerprint density at radius 3 is 2.04 bits per heavy atom. The lowest BCUT2D eigenvalue weighted by Crippen LogP contribution is -2.36. The number of allylic oxidation sites excluding steroid dienone is 1. The van der Waals surface area contributed by atoms with Crippen molar-refractivity contribution in [2.75, 3.05) is 0 Å². The zero-order valence-corrected chi connectivity index (χ0v) is 14.2. The molecule has 2 heterocycles. The molecule has 2 bridgehead atoms. The van der Waals surface area contributed by atoms with E-state index in [1.54, 1.807) is 0 Å². The van der Waals surface area contributed by atoms with E-state index in [9.17, 15) is 9.90 Å². The summed E-state index contributed by atoms with van der Waals surface area (Å²) in [5.41, 5.74) is 3.42. The highest BCUT2D eigenvalue weighted by molar-refractivity contribution is 6.26. The average molecular weight is 310 g/mol. The van der Waals surface area contributed by atoms with E-state index in [0.717, 1.165) is 16.7 Å². The fraction of sp³-hybridized carbons (Fsp3) is 0.450. The van der Waals surface area contributed by atoms with Crippen molar-refractivity contribution < 1.29 is 14.6 Å². The quantitative estimate of drug-likeness (QED) is 0.802. The summed E-state index contributed by atoms with van der Waals surface area (Å²) in [5.74, 6) is -0.392. The molecule has 3 aliphatic rings. The van der Waals surface area contributed by atoms with Crippen molar-refractivity contribution in [1.29, 1.82) is 0 Å². The van der Waals surface area contributed by atoms with Crippen LogP contribution in [0.25, 0.3) is 5.57 Å². The first-order valence-corrected chi connectivity index (χ1v) is 8.14. The third-order valence-corrected chi connectivity index (χ3v) is 5.76. The first-order chi connectivity index (χ1) is 10.7. The Morgan fingerprint density at radius 2 is 1.52 bits per heavy atom. The first kappa shape index (κ1) is 14.7. The number of aliphatic hydroxyl groups is 1. The van der Waals surface area contributed by atoms with Gasteiger partial charge < -0.3 is 9.84 Å². The number of carbonyl (C=O) groups excluding carboxylic acids is 1. The topological polar surface area (TPSA) is 46.5 Å². The number of Topliss-reactive ketones (excluding diaryl/α,β-unsaturated/α-hetero) is 1. The van der Waals surface area contributed by atoms with Crippen molar-refractivity contribution in [3.8, 4) is 0 Å². The van der Waals surface area contributed by atoms with E-state index >= 15 is 0 Å². The highest BCUT2D eigenvalue weighted by Crippen LogP contribution is 2.60. The maximum Gasteiger partial charge on any atom is 0.174 e. The Balaban J connectivity index is 1.93. The molecular formula is C20H22O3. The van der Waals surface area contributed by atoms with E-state index in [4.69, 9.17) is 4.74 Å². The summed E-state index contributed by atoms with van der Waals surface area (Å²) in [6, 6.07) is 4.13. The number of benzene rings is 1. The molecule has 1 aromatic rings. The zero-order chi connectivity index (χ0) is 16.7. The Kier molecular flexibility index (Phi) is 2.65. The summed E-state index contributed by atoms with van der Waals surface area (Å²) >= 11 is 0. The van der Waals surface area contributed by atoms with Crippen LogP contribution in [0.1, 0.15) is 36.1 Å². The van der Waals surface area contributed by atoms with Gasteiger partial charge in [-0.1, -0.05) is 29.8 Å². The molecule has 1 aromatic carbocycles. The van der Waals surface area contributed by atoms with E-state index in [-0.39, 0.29) is 23.4 Å². The van der Waals surface area contributed by atoms with Crippen molar-refractivity contribution in [3.63, 3.8) is 0 Å². The fourth-order valence-electron chi connectivity index (χ4n) is 4.97. The van der Waals surface area contributed by atoms with Gasteiger partial charge in [-0.05, 0) is 51.3 Å². The molecule has 3 heteroatoms. The van der Waals surface area contributed by atoms with Gasteiger partial charge >= 0.3 is 0 Å². The molecule has 1 fully saturated rings. The molecule has 0 aromatic heterocycles. The molecule has 23 heavy (non-hydrogen) atoms. The van der Waals surface area contributed by atoms with Gasteiger partial charge in [0.2, 0.25) is 0 Å². The summed E-state index contributed by atoms with van der Waals surface area (Å²) in [6.45, 7) is 9.96. The van der Waals surface area contributed by atoms with Crippen LogP contribution in [-0.4, -0.2) is 22.1 Å². The molecule has 2 aliphatic heterocycles. The molecule has 4 rings (SSSR count). The monoisotopic (exact) mass is 310 g/mol. The van der Waals surface area contributed by atoms with Crippen molar-refractivity contribution in [2.24, 2.45) is 11.8 Å². The van der Waals surface area contributed by atoms with Crippen LogP contribution in [0.15, 0.2) is 30.0 Å². The maximum atomic E-state index is 13.2. The zero-order valence-electron chi connectivity index (χ0n) is 14.2. The molecule has 3 nitrogen and oxygen atoms in total. The minimum atomic E-state index is -0.612. The maximum absolute atomic E-state index is 13.2. The third-order valence-electron chi connectivity index (χ3n) is 5.76. The van der Waals surface area contributed by atoms with Crippen LogP contribution in [0.3, 0.4) is 0 Å².